The molecule has 0 aliphatic heterocycles. The van der Waals surface area contributed by atoms with Crippen LogP contribution in [0.2, 0.25) is 5.02 Å². The molecule has 0 atom stereocenters. The van der Waals surface area contributed by atoms with Crippen molar-refractivity contribution >= 4 is 17.6 Å². The minimum atomic E-state index is -0.945. The standard InChI is InChI=1S/C17H18ClN5O2/c1-12-19-6-8-22(12)7-5-16-20-15(21-23(16)11-17(24)25)10-13-3-2-4-14(18)9-13/h2-4,6,8-9H,5,7,10-11H2,1H3,(H,24,25). The molecule has 1 aromatic carbocycles. The number of aromatic nitrogens is 5. The molecule has 7 nitrogen and oxygen atoms in total. The van der Waals surface area contributed by atoms with Gasteiger partial charge in [0.2, 0.25) is 0 Å². The predicted molar refractivity (Wildman–Crippen MR) is 92.6 cm³/mol. The zero-order valence-electron chi connectivity index (χ0n) is 13.8. The Labute approximate surface area is 149 Å². The summed E-state index contributed by atoms with van der Waals surface area (Å²) in [5.41, 5.74) is 0.983. The molecule has 0 aliphatic carbocycles. The summed E-state index contributed by atoms with van der Waals surface area (Å²) in [5, 5.41) is 14.1. The third-order valence-corrected chi connectivity index (χ3v) is 4.06. The van der Waals surface area contributed by atoms with Gasteiger partial charge >= 0.3 is 5.97 Å². The van der Waals surface area contributed by atoms with E-state index in [0.29, 0.717) is 36.1 Å². The Morgan fingerprint density at radius 1 is 1.36 bits per heavy atom. The first-order valence-corrected chi connectivity index (χ1v) is 8.25. The highest BCUT2D eigenvalue weighted by molar-refractivity contribution is 6.30. The maximum atomic E-state index is 11.1. The normalized spacial score (nSPS) is 11.0. The van der Waals surface area contributed by atoms with Crippen LogP contribution in [-0.4, -0.2) is 35.4 Å². The summed E-state index contributed by atoms with van der Waals surface area (Å²) in [6, 6.07) is 7.47. The molecule has 1 N–H and O–H groups in total. The minimum absolute atomic E-state index is 0.208. The van der Waals surface area contributed by atoms with E-state index < -0.39 is 5.97 Å². The Balaban J connectivity index is 1.79. The lowest BCUT2D eigenvalue weighted by atomic mass is 10.1. The van der Waals surface area contributed by atoms with Gasteiger partial charge in [0.05, 0.1) is 0 Å². The number of nitrogens with zero attached hydrogens (tertiary/aromatic N) is 5. The van der Waals surface area contributed by atoms with Gasteiger partial charge in [0.1, 0.15) is 18.2 Å². The average molecular weight is 360 g/mol. The van der Waals surface area contributed by atoms with Crippen molar-refractivity contribution in [1.82, 2.24) is 24.3 Å². The number of carbonyl (C=O) groups is 1. The first-order valence-electron chi connectivity index (χ1n) is 7.88. The molecule has 0 fully saturated rings. The number of benzene rings is 1. The van der Waals surface area contributed by atoms with Gasteiger partial charge in [-0.05, 0) is 24.6 Å². The van der Waals surface area contributed by atoms with Crippen LogP contribution < -0.4 is 0 Å². The lowest BCUT2D eigenvalue weighted by Gasteiger charge is -2.05. The molecule has 0 unspecified atom stereocenters. The van der Waals surface area contributed by atoms with E-state index in [1.165, 1.54) is 4.68 Å². The van der Waals surface area contributed by atoms with E-state index in [1.807, 2.05) is 35.9 Å². The van der Waals surface area contributed by atoms with E-state index >= 15 is 0 Å². The molecular formula is C17H18ClN5O2. The molecule has 0 aliphatic rings. The fourth-order valence-corrected chi connectivity index (χ4v) is 2.84. The maximum absolute atomic E-state index is 11.1. The summed E-state index contributed by atoms with van der Waals surface area (Å²) in [7, 11) is 0. The van der Waals surface area contributed by atoms with Gasteiger partial charge in [-0.1, -0.05) is 23.7 Å². The number of imidazole rings is 1. The summed E-state index contributed by atoms with van der Waals surface area (Å²) in [5.74, 6) is 1.19. The quantitative estimate of drug-likeness (QED) is 0.699. The van der Waals surface area contributed by atoms with Gasteiger partial charge in [0.25, 0.3) is 0 Å². The number of halogens is 1. The van der Waals surface area contributed by atoms with Crippen LogP contribution in [0.4, 0.5) is 0 Å². The Morgan fingerprint density at radius 2 is 2.20 bits per heavy atom. The fourth-order valence-electron chi connectivity index (χ4n) is 2.63. The predicted octanol–water partition coefficient (Wildman–Crippen LogP) is 2.35. The van der Waals surface area contributed by atoms with E-state index in [1.54, 1.807) is 12.3 Å². The Kier molecular flexibility index (Phi) is 5.14. The number of carboxylic acid groups (broad SMARTS) is 1. The van der Waals surface area contributed by atoms with Crippen LogP contribution in [0.5, 0.6) is 0 Å². The van der Waals surface area contributed by atoms with Crippen LogP contribution in [0.3, 0.4) is 0 Å². The highest BCUT2D eigenvalue weighted by Gasteiger charge is 2.13. The van der Waals surface area contributed by atoms with Crippen LogP contribution in [-0.2, 0) is 30.7 Å². The van der Waals surface area contributed by atoms with Gasteiger partial charge in [0, 0.05) is 36.8 Å². The molecule has 0 saturated heterocycles. The van der Waals surface area contributed by atoms with Crippen LogP contribution in [0.15, 0.2) is 36.7 Å². The second-order valence-electron chi connectivity index (χ2n) is 5.72. The third kappa shape index (κ3) is 4.45. The number of hydrogen-bond acceptors (Lipinski definition) is 4. The summed E-state index contributed by atoms with van der Waals surface area (Å²) in [6.45, 7) is 2.38. The van der Waals surface area contributed by atoms with Gasteiger partial charge in [-0.3, -0.25) is 4.79 Å². The van der Waals surface area contributed by atoms with Crippen molar-refractivity contribution in [1.29, 1.82) is 0 Å². The smallest absolute Gasteiger partial charge is 0.325 e. The molecule has 0 spiro atoms. The van der Waals surface area contributed by atoms with Crippen molar-refractivity contribution in [3.05, 3.63) is 64.7 Å². The molecule has 0 saturated carbocycles. The number of hydrogen-bond donors (Lipinski definition) is 1. The van der Waals surface area contributed by atoms with Crippen LogP contribution in [0, 0.1) is 6.92 Å². The third-order valence-electron chi connectivity index (χ3n) is 3.83. The van der Waals surface area contributed by atoms with E-state index in [0.717, 1.165) is 11.4 Å². The van der Waals surface area contributed by atoms with Crippen LogP contribution in [0.25, 0.3) is 0 Å². The monoisotopic (exact) mass is 359 g/mol. The molecule has 8 heteroatoms. The number of aryl methyl sites for hydroxylation is 3. The van der Waals surface area contributed by atoms with Crippen molar-refractivity contribution in [2.24, 2.45) is 0 Å². The number of rotatable bonds is 7. The Hall–Kier alpha value is -2.67. The molecular weight excluding hydrogens is 342 g/mol. The summed E-state index contributed by atoms with van der Waals surface area (Å²) in [4.78, 5) is 19.8. The zero-order valence-corrected chi connectivity index (χ0v) is 14.5. The first kappa shape index (κ1) is 17.2. The highest BCUT2D eigenvalue weighted by atomic mass is 35.5. The molecule has 130 valence electrons. The van der Waals surface area contributed by atoms with E-state index in [-0.39, 0.29) is 6.54 Å². The van der Waals surface area contributed by atoms with Crippen molar-refractivity contribution in [2.75, 3.05) is 0 Å². The second kappa shape index (κ2) is 7.48. The molecule has 3 aromatic rings. The SMILES string of the molecule is Cc1nccn1CCc1nc(Cc2cccc(Cl)c2)nn1CC(=O)O. The van der Waals surface area contributed by atoms with E-state index in [4.69, 9.17) is 16.7 Å². The summed E-state index contributed by atoms with van der Waals surface area (Å²) >= 11 is 6.01. The molecule has 0 radical (unpaired) electrons. The Bertz CT molecular complexity index is 887. The molecule has 2 aromatic heterocycles. The lowest BCUT2D eigenvalue weighted by molar-refractivity contribution is -0.137. The zero-order chi connectivity index (χ0) is 17.8. The first-order chi connectivity index (χ1) is 12.0. The van der Waals surface area contributed by atoms with Crippen LogP contribution >= 0.6 is 11.6 Å². The molecule has 0 amide bonds. The second-order valence-corrected chi connectivity index (χ2v) is 6.16. The summed E-state index contributed by atoms with van der Waals surface area (Å²) in [6.07, 6.45) is 4.71. The molecule has 0 bridgehead atoms. The van der Waals surface area contributed by atoms with Crippen molar-refractivity contribution < 1.29 is 9.90 Å². The van der Waals surface area contributed by atoms with E-state index in [9.17, 15) is 4.79 Å². The average Bonchev–Trinajstić information content (AvgIpc) is 3.11. The topological polar surface area (TPSA) is 85.8 Å². The van der Waals surface area contributed by atoms with Gasteiger partial charge in [-0.2, -0.15) is 5.10 Å². The van der Waals surface area contributed by atoms with Crippen LogP contribution in [0.1, 0.15) is 23.0 Å². The minimum Gasteiger partial charge on any atom is -0.480 e. The van der Waals surface area contributed by atoms with Gasteiger partial charge in [-0.15, -0.1) is 0 Å². The van der Waals surface area contributed by atoms with Crippen molar-refractivity contribution in [3.63, 3.8) is 0 Å². The van der Waals surface area contributed by atoms with Gasteiger partial charge in [0.15, 0.2) is 5.82 Å². The van der Waals surface area contributed by atoms with Crippen molar-refractivity contribution in [2.45, 2.75) is 32.9 Å². The molecule has 25 heavy (non-hydrogen) atoms. The summed E-state index contributed by atoms with van der Waals surface area (Å²) < 4.78 is 3.45. The van der Waals surface area contributed by atoms with Gasteiger partial charge < -0.3 is 9.67 Å². The number of aliphatic carboxylic acids is 1. The van der Waals surface area contributed by atoms with Crippen molar-refractivity contribution in [3.8, 4) is 0 Å². The fraction of sp³-hybridized carbons (Fsp3) is 0.294. The highest BCUT2D eigenvalue weighted by Crippen LogP contribution is 2.14. The van der Waals surface area contributed by atoms with E-state index in [2.05, 4.69) is 15.1 Å². The molecule has 2 heterocycles. The Morgan fingerprint density at radius 3 is 2.88 bits per heavy atom. The maximum Gasteiger partial charge on any atom is 0.325 e. The van der Waals surface area contributed by atoms with Gasteiger partial charge in [-0.25, -0.2) is 14.6 Å². The lowest BCUT2D eigenvalue weighted by Crippen LogP contribution is -2.15. The largest absolute Gasteiger partial charge is 0.480 e. The number of carboxylic acids is 1. The molecule has 3 rings (SSSR count).